The van der Waals surface area contributed by atoms with Crippen LogP contribution in [0.4, 0.5) is 0 Å². The standard InChI is InChI=1S/C12H27NO/c1-3-4-5-6-7-8-12(2)11-13-9-10-14/h12-14H,3-11H2,1-2H3. The summed E-state index contributed by atoms with van der Waals surface area (Å²) in [5.74, 6) is 0.753. The quantitative estimate of drug-likeness (QED) is 0.532. The Morgan fingerprint density at radius 3 is 2.50 bits per heavy atom. The molecule has 86 valence electrons. The van der Waals surface area contributed by atoms with Crippen LogP contribution in [-0.4, -0.2) is 24.8 Å². The molecule has 0 saturated carbocycles. The molecule has 0 aromatic carbocycles. The van der Waals surface area contributed by atoms with Gasteiger partial charge in [-0.15, -0.1) is 0 Å². The van der Waals surface area contributed by atoms with Crippen molar-refractivity contribution in [3.8, 4) is 0 Å². The van der Waals surface area contributed by atoms with Gasteiger partial charge in [0, 0.05) is 6.54 Å². The van der Waals surface area contributed by atoms with Gasteiger partial charge in [0.05, 0.1) is 6.61 Å². The van der Waals surface area contributed by atoms with Crippen molar-refractivity contribution in [3.05, 3.63) is 0 Å². The Morgan fingerprint density at radius 1 is 1.14 bits per heavy atom. The van der Waals surface area contributed by atoms with Gasteiger partial charge in [-0.2, -0.15) is 0 Å². The predicted octanol–water partition coefficient (Wildman–Crippen LogP) is 2.56. The molecule has 0 heterocycles. The molecule has 0 fully saturated rings. The minimum Gasteiger partial charge on any atom is -0.395 e. The third kappa shape index (κ3) is 10.0. The third-order valence-corrected chi connectivity index (χ3v) is 2.58. The molecule has 0 spiro atoms. The molecule has 0 bridgehead atoms. The van der Waals surface area contributed by atoms with Crippen molar-refractivity contribution >= 4 is 0 Å². The minimum absolute atomic E-state index is 0.253. The summed E-state index contributed by atoms with van der Waals surface area (Å²) in [7, 11) is 0. The van der Waals surface area contributed by atoms with E-state index in [1.54, 1.807) is 0 Å². The molecule has 0 rings (SSSR count). The van der Waals surface area contributed by atoms with Gasteiger partial charge in [-0.3, -0.25) is 0 Å². The van der Waals surface area contributed by atoms with Crippen molar-refractivity contribution in [1.29, 1.82) is 0 Å². The van der Waals surface area contributed by atoms with Gasteiger partial charge in [0.1, 0.15) is 0 Å². The minimum atomic E-state index is 0.253. The van der Waals surface area contributed by atoms with Gasteiger partial charge in [-0.1, -0.05) is 46.0 Å². The average molecular weight is 201 g/mol. The van der Waals surface area contributed by atoms with E-state index < -0.39 is 0 Å². The SMILES string of the molecule is CCCCCCCC(C)CNCCO. The van der Waals surface area contributed by atoms with Crippen molar-refractivity contribution in [2.24, 2.45) is 5.92 Å². The molecule has 14 heavy (non-hydrogen) atoms. The number of aliphatic hydroxyl groups excluding tert-OH is 1. The summed E-state index contributed by atoms with van der Waals surface area (Å²) in [6, 6.07) is 0. The van der Waals surface area contributed by atoms with Gasteiger partial charge in [0.25, 0.3) is 0 Å². The van der Waals surface area contributed by atoms with Crippen LogP contribution in [0.3, 0.4) is 0 Å². The largest absolute Gasteiger partial charge is 0.395 e. The molecule has 0 saturated heterocycles. The van der Waals surface area contributed by atoms with Crippen molar-refractivity contribution in [2.75, 3.05) is 19.7 Å². The lowest BCUT2D eigenvalue weighted by molar-refractivity contribution is 0.287. The smallest absolute Gasteiger partial charge is 0.0555 e. The number of unbranched alkanes of at least 4 members (excludes halogenated alkanes) is 4. The van der Waals surface area contributed by atoms with Crippen LogP contribution < -0.4 is 5.32 Å². The van der Waals surface area contributed by atoms with Crippen LogP contribution >= 0.6 is 0 Å². The Labute approximate surface area is 89.1 Å². The third-order valence-electron chi connectivity index (χ3n) is 2.58. The molecule has 1 atom stereocenters. The van der Waals surface area contributed by atoms with Crippen molar-refractivity contribution in [2.45, 2.75) is 52.4 Å². The molecule has 2 heteroatoms. The monoisotopic (exact) mass is 201 g/mol. The molecule has 0 radical (unpaired) electrons. The van der Waals surface area contributed by atoms with E-state index in [9.17, 15) is 0 Å². The van der Waals surface area contributed by atoms with Crippen LogP contribution in [0.15, 0.2) is 0 Å². The van der Waals surface area contributed by atoms with Crippen molar-refractivity contribution in [1.82, 2.24) is 5.32 Å². The van der Waals surface area contributed by atoms with Crippen LogP contribution in [0, 0.1) is 5.92 Å². The predicted molar refractivity (Wildman–Crippen MR) is 62.5 cm³/mol. The highest BCUT2D eigenvalue weighted by Crippen LogP contribution is 2.10. The number of nitrogens with one attached hydrogen (secondary N) is 1. The molecule has 0 aromatic rings. The summed E-state index contributed by atoms with van der Waals surface area (Å²) >= 11 is 0. The van der Waals surface area contributed by atoms with E-state index in [-0.39, 0.29) is 6.61 Å². The summed E-state index contributed by atoms with van der Waals surface area (Å²) in [5.41, 5.74) is 0. The van der Waals surface area contributed by atoms with E-state index >= 15 is 0 Å². The van der Waals surface area contributed by atoms with Crippen molar-refractivity contribution < 1.29 is 5.11 Å². The van der Waals surface area contributed by atoms with Gasteiger partial charge in [-0.05, 0) is 18.9 Å². The highest BCUT2D eigenvalue weighted by Gasteiger charge is 2.00. The van der Waals surface area contributed by atoms with Crippen LogP contribution in [0.2, 0.25) is 0 Å². The summed E-state index contributed by atoms with van der Waals surface area (Å²) in [6.45, 7) is 6.57. The molecule has 0 aliphatic carbocycles. The van der Waals surface area contributed by atoms with E-state index in [1.807, 2.05) is 0 Å². The fraction of sp³-hybridized carbons (Fsp3) is 1.00. The summed E-state index contributed by atoms with van der Waals surface area (Å²) in [6.07, 6.45) is 8.18. The second-order valence-electron chi connectivity index (χ2n) is 4.24. The van der Waals surface area contributed by atoms with Gasteiger partial charge in [0.2, 0.25) is 0 Å². The van der Waals surface area contributed by atoms with Gasteiger partial charge in [0.15, 0.2) is 0 Å². The molecule has 0 aliphatic rings. The Morgan fingerprint density at radius 2 is 1.86 bits per heavy atom. The highest BCUT2D eigenvalue weighted by molar-refractivity contribution is 4.57. The highest BCUT2D eigenvalue weighted by atomic mass is 16.3. The Bertz CT molecular complexity index is 106. The zero-order valence-electron chi connectivity index (χ0n) is 9.89. The molecule has 0 aromatic heterocycles. The average Bonchev–Trinajstić information content (AvgIpc) is 2.18. The van der Waals surface area contributed by atoms with Gasteiger partial charge < -0.3 is 10.4 Å². The lowest BCUT2D eigenvalue weighted by Gasteiger charge is -2.11. The zero-order valence-corrected chi connectivity index (χ0v) is 9.89. The molecule has 2 nitrogen and oxygen atoms in total. The molecular weight excluding hydrogens is 174 g/mol. The zero-order chi connectivity index (χ0) is 10.6. The van der Waals surface area contributed by atoms with Crippen LogP contribution in [0.25, 0.3) is 0 Å². The first kappa shape index (κ1) is 13.9. The lowest BCUT2D eigenvalue weighted by Crippen LogP contribution is -2.24. The number of hydrogen-bond acceptors (Lipinski definition) is 2. The van der Waals surface area contributed by atoms with E-state index in [0.717, 1.165) is 19.0 Å². The van der Waals surface area contributed by atoms with Crippen molar-refractivity contribution in [3.63, 3.8) is 0 Å². The topological polar surface area (TPSA) is 32.3 Å². The maximum absolute atomic E-state index is 8.59. The van der Waals surface area contributed by atoms with Crippen LogP contribution in [0.1, 0.15) is 52.4 Å². The maximum atomic E-state index is 8.59. The number of rotatable bonds is 10. The lowest BCUT2D eigenvalue weighted by atomic mass is 10.0. The maximum Gasteiger partial charge on any atom is 0.0555 e. The van der Waals surface area contributed by atoms with Crippen LogP contribution in [-0.2, 0) is 0 Å². The van der Waals surface area contributed by atoms with E-state index in [1.165, 1.54) is 38.5 Å². The van der Waals surface area contributed by atoms with Gasteiger partial charge in [-0.25, -0.2) is 0 Å². The normalized spacial score (nSPS) is 13.1. The first-order chi connectivity index (χ1) is 6.81. The first-order valence-corrected chi connectivity index (χ1v) is 6.12. The Hall–Kier alpha value is -0.0800. The van der Waals surface area contributed by atoms with E-state index in [4.69, 9.17) is 5.11 Å². The molecule has 0 amide bonds. The molecule has 1 unspecified atom stereocenters. The first-order valence-electron chi connectivity index (χ1n) is 6.12. The Kier molecular flexibility index (Phi) is 10.9. The van der Waals surface area contributed by atoms with Crippen LogP contribution in [0.5, 0.6) is 0 Å². The second-order valence-corrected chi connectivity index (χ2v) is 4.24. The summed E-state index contributed by atoms with van der Waals surface area (Å²) in [4.78, 5) is 0. The van der Waals surface area contributed by atoms with Gasteiger partial charge >= 0.3 is 0 Å². The molecule has 0 aliphatic heterocycles. The van der Waals surface area contributed by atoms with E-state index in [2.05, 4.69) is 19.2 Å². The summed E-state index contributed by atoms with van der Waals surface area (Å²) < 4.78 is 0. The van der Waals surface area contributed by atoms with E-state index in [0.29, 0.717) is 0 Å². The number of aliphatic hydroxyl groups is 1. The Balaban J connectivity index is 3.06. The fourth-order valence-electron chi connectivity index (χ4n) is 1.63. The molecular formula is C12H27NO. The number of hydrogen-bond donors (Lipinski definition) is 2. The fourth-order valence-corrected chi connectivity index (χ4v) is 1.63. The second kappa shape index (κ2) is 11.0. The molecule has 2 N–H and O–H groups in total. The summed E-state index contributed by atoms with van der Waals surface area (Å²) in [5, 5.41) is 11.8.